The molecule has 126 valence electrons. The van der Waals surface area contributed by atoms with Crippen LogP contribution < -0.4 is 21.3 Å². The molecule has 0 spiro atoms. The molecular weight excluding hydrogens is 316 g/mol. The number of quaternary nitrogens is 1. The molecule has 23 heavy (non-hydrogen) atoms. The molecule has 8 heteroatoms. The van der Waals surface area contributed by atoms with Gasteiger partial charge in [-0.3, -0.25) is 14.4 Å². The number of nitrogens with one attached hydrogen (secondary N) is 3. The van der Waals surface area contributed by atoms with Gasteiger partial charge in [-0.05, 0) is 31.2 Å². The van der Waals surface area contributed by atoms with Crippen molar-refractivity contribution in [3.05, 3.63) is 16.0 Å². The lowest BCUT2D eigenvalue weighted by Crippen LogP contribution is -3.06. The van der Waals surface area contributed by atoms with Crippen molar-refractivity contribution in [2.45, 2.75) is 25.7 Å². The van der Waals surface area contributed by atoms with Gasteiger partial charge in [0.2, 0.25) is 0 Å². The molecule has 0 fully saturated rings. The molecule has 0 saturated carbocycles. The molecule has 0 aliphatic heterocycles. The number of hydrogen-bond donors (Lipinski definition) is 4. The fourth-order valence-corrected chi connectivity index (χ4v) is 3.87. The summed E-state index contributed by atoms with van der Waals surface area (Å²) in [4.78, 5) is 37.8. The summed E-state index contributed by atoms with van der Waals surface area (Å²) >= 11 is 1.35. The van der Waals surface area contributed by atoms with E-state index < -0.39 is 17.7 Å². The van der Waals surface area contributed by atoms with Crippen molar-refractivity contribution in [1.29, 1.82) is 0 Å². The molecule has 1 aromatic heterocycles. The Hall–Kier alpha value is -1.93. The molecule has 1 heterocycles. The summed E-state index contributed by atoms with van der Waals surface area (Å²) in [5.74, 6) is -2.02. The molecule has 0 atom stereocenters. The molecule has 1 aromatic rings. The number of rotatable bonds is 5. The van der Waals surface area contributed by atoms with Crippen LogP contribution in [-0.4, -0.2) is 44.9 Å². The number of aryl methyl sites for hydroxylation is 1. The van der Waals surface area contributed by atoms with Crippen molar-refractivity contribution in [1.82, 2.24) is 5.32 Å². The zero-order chi connectivity index (χ0) is 17.0. The smallest absolute Gasteiger partial charge is 0.314 e. The Kier molecular flexibility index (Phi) is 5.73. The van der Waals surface area contributed by atoms with Crippen LogP contribution in [0, 0.1) is 0 Å². The average Bonchev–Trinajstić information content (AvgIpc) is 2.84. The summed E-state index contributed by atoms with van der Waals surface area (Å²) in [5.41, 5.74) is 6.76. The highest BCUT2D eigenvalue weighted by molar-refractivity contribution is 7.17. The highest BCUT2D eigenvalue weighted by Crippen LogP contribution is 2.37. The topological polar surface area (TPSA) is 106 Å². The Bertz CT molecular complexity index is 624. The van der Waals surface area contributed by atoms with Gasteiger partial charge in [0.25, 0.3) is 5.91 Å². The molecule has 7 nitrogen and oxygen atoms in total. The molecule has 5 N–H and O–H groups in total. The third-order valence-corrected chi connectivity index (χ3v) is 4.97. The van der Waals surface area contributed by atoms with E-state index in [1.165, 1.54) is 16.2 Å². The van der Waals surface area contributed by atoms with E-state index in [9.17, 15) is 14.4 Å². The Morgan fingerprint density at radius 3 is 2.52 bits per heavy atom. The highest BCUT2D eigenvalue weighted by Gasteiger charge is 2.26. The first-order valence-electron chi connectivity index (χ1n) is 7.72. The number of carbonyl (C=O) groups excluding carboxylic acids is 3. The maximum absolute atomic E-state index is 12.0. The van der Waals surface area contributed by atoms with Crippen molar-refractivity contribution in [2.75, 3.05) is 32.5 Å². The number of carbonyl (C=O) groups is 3. The molecule has 0 radical (unpaired) electrons. The van der Waals surface area contributed by atoms with Gasteiger partial charge in [0.1, 0.15) is 5.00 Å². The summed E-state index contributed by atoms with van der Waals surface area (Å²) < 4.78 is 0. The van der Waals surface area contributed by atoms with Gasteiger partial charge in [-0.25, -0.2) is 0 Å². The van der Waals surface area contributed by atoms with Crippen LogP contribution in [-0.2, 0) is 22.4 Å². The maximum Gasteiger partial charge on any atom is 0.314 e. The quantitative estimate of drug-likeness (QED) is 0.513. The van der Waals surface area contributed by atoms with E-state index in [1.807, 2.05) is 14.1 Å². The first-order chi connectivity index (χ1) is 10.9. The number of nitrogens with two attached hydrogens (primary N) is 1. The van der Waals surface area contributed by atoms with Crippen LogP contribution >= 0.6 is 11.3 Å². The van der Waals surface area contributed by atoms with Gasteiger partial charge in [0.15, 0.2) is 0 Å². The zero-order valence-corrected chi connectivity index (χ0v) is 14.3. The van der Waals surface area contributed by atoms with Gasteiger partial charge in [-0.15, -0.1) is 11.3 Å². The normalized spacial score (nSPS) is 13.5. The third-order valence-electron chi connectivity index (χ3n) is 3.76. The Morgan fingerprint density at radius 1 is 1.17 bits per heavy atom. The second-order valence-corrected chi connectivity index (χ2v) is 7.05. The van der Waals surface area contributed by atoms with Gasteiger partial charge >= 0.3 is 11.8 Å². The third kappa shape index (κ3) is 4.29. The van der Waals surface area contributed by atoms with Gasteiger partial charge in [0.05, 0.1) is 32.7 Å². The molecule has 3 amide bonds. The maximum atomic E-state index is 12.0. The first-order valence-corrected chi connectivity index (χ1v) is 8.54. The number of primary amides is 1. The second kappa shape index (κ2) is 7.56. The van der Waals surface area contributed by atoms with Crippen LogP contribution in [0.25, 0.3) is 0 Å². The monoisotopic (exact) mass is 339 g/mol. The van der Waals surface area contributed by atoms with E-state index >= 15 is 0 Å². The van der Waals surface area contributed by atoms with Crippen LogP contribution in [0.3, 0.4) is 0 Å². The number of anilines is 1. The molecular formula is C15H23N4O3S+. The van der Waals surface area contributed by atoms with Crippen LogP contribution in [0.4, 0.5) is 5.00 Å². The van der Waals surface area contributed by atoms with E-state index in [2.05, 4.69) is 10.6 Å². The highest BCUT2D eigenvalue weighted by atomic mass is 32.1. The van der Waals surface area contributed by atoms with E-state index in [4.69, 9.17) is 5.73 Å². The number of amides is 3. The summed E-state index contributed by atoms with van der Waals surface area (Å²) in [6.45, 7) is 1.14. The predicted octanol–water partition coefficient (Wildman–Crippen LogP) is -1.07. The fourth-order valence-electron chi connectivity index (χ4n) is 2.58. The van der Waals surface area contributed by atoms with Crippen LogP contribution in [0.2, 0.25) is 0 Å². The molecule has 0 aromatic carbocycles. The second-order valence-electron chi connectivity index (χ2n) is 5.95. The SMILES string of the molecule is C[NH+](C)CCNC(=O)C(=O)Nc1sc2c(c1C(N)=O)CCCC2. The Labute approximate surface area is 139 Å². The molecule has 0 bridgehead atoms. The Balaban J connectivity index is 2.07. The minimum Gasteiger partial charge on any atom is -0.365 e. The number of hydrogen-bond acceptors (Lipinski definition) is 4. The average molecular weight is 339 g/mol. The number of likely N-dealkylation sites (N-methyl/N-ethyl adjacent to an activating group) is 1. The molecule has 2 rings (SSSR count). The summed E-state index contributed by atoms with van der Waals surface area (Å²) in [6, 6.07) is 0. The molecule has 0 unspecified atom stereocenters. The minimum atomic E-state index is -0.764. The van der Waals surface area contributed by atoms with Crippen molar-refractivity contribution in [3.63, 3.8) is 0 Å². The molecule has 0 saturated heterocycles. The van der Waals surface area contributed by atoms with Crippen molar-refractivity contribution >= 4 is 34.1 Å². The van der Waals surface area contributed by atoms with Crippen LogP contribution in [0.1, 0.15) is 33.6 Å². The molecule has 1 aliphatic rings. The lowest BCUT2D eigenvalue weighted by atomic mass is 9.95. The lowest BCUT2D eigenvalue weighted by molar-refractivity contribution is -0.856. The van der Waals surface area contributed by atoms with Gasteiger partial charge in [0, 0.05) is 4.88 Å². The van der Waals surface area contributed by atoms with E-state index in [1.54, 1.807) is 0 Å². The first kappa shape index (κ1) is 17.4. The van der Waals surface area contributed by atoms with E-state index in [0.29, 0.717) is 17.1 Å². The minimum absolute atomic E-state index is 0.364. The van der Waals surface area contributed by atoms with Gasteiger partial charge < -0.3 is 21.3 Å². The summed E-state index contributed by atoms with van der Waals surface area (Å²) in [6.07, 6.45) is 3.74. The predicted molar refractivity (Wildman–Crippen MR) is 88.8 cm³/mol. The lowest BCUT2D eigenvalue weighted by Gasteiger charge is -2.11. The van der Waals surface area contributed by atoms with Crippen LogP contribution in [0.5, 0.6) is 0 Å². The van der Waals surface area contributed by atoms with Crippen molar-refractivity contribution in [3.8, 4) is 0 Å². The van der Waals surface area contributed by atoms with Crippen molar-refractivity contribution < 1.29 is 19.3 Å². The zero-order valence-electron chi connectivity index (χ0n) is 13.5. The largest absolute Gasteiger partial charge is 0.365 e. The summed E-state index contributed by atoms with van der Waals surface area (Å²) in [5, 5.41) is 5.50. The number of thiophene rings is 1. The summed E-state index contributed by atoms with van der Waals surface area (Å²) in [7, 11) is 3.92. The molecule has 1 aliphatic carbocycles. The Morgan fingerprint density at radius 2 is 1.87 bits per heavy atom. The number of fused-ring (bicyclic) bond motifs is 1. The van der Waals surface area contributed by atoms with E-state index in [-0.39, 0.29) is 0 Å². The fraction of sp³-hybridized carbons (Fsp3) is 0.533. The standard InChI is InChI=1S/C15H22N4O3S/c1-19(2)8-7-17-13(21)14(22)18-15-11(12(16)20)9-5-3-4-6-10(9)23-15/h3-8H2,1-2H3,(H2,16,20)(H,17,21)(H,18,22)/p+1. The van der Waals surface area contributed by atoms with Gasteiger partial charge in [-0.1, -0.05) is 0 Å². The van der Waals surface area contributed by atoms with E-state index in [0.717, 1.165) is 42.7 Å². The van der Waals surface area contributed by atoms with Crippen molar-refractivity contribution in [2.24, 2.45) is 5.73 Å². The van der Waals surface area contributed by atoms with Crippen LogP contribution in [0.15, 0.2) is 0 Å². The van der Waals surface area contributed by atoms with Gasteiger partial charge in [-0.2, -0.15) is 0 Å².